The van der Waals surface area contributed by atoms with Gasteiger partial charge in [-0.2, -0.15) is 0 Å². The highest BCUT2D eigenvalue weighted by Crippen LogP contribution is 2.44. The van der Waals surface area contributed by atoms with Crippen molar-refractivity contribution in [3.05, 3.63) is 81.4 Å². The number of carboxylic acid groups (broad SMARTS) is 1. The van der Waals surface area contributed by atoms with Crippen molar-refractivity contribution < 1.29 is 32.6 Å². The molecule has 12 heteroatoms. The van der Waals surface area contributed by atoms with Crippen LogP contribution in [0.4, 0.5) is 4.79 Å². The van der Waals surface area contributed by atoms with Crippen LogP contribution in [0.1, 0.15) is 65.6 Å². The molecule has 0 fully saturated rings. The average molecular weight is 649 g/mol. The highest BCUT2D eigenvalue weighted by atomic mass is 32.2. The largest absolute Gasteiger partial charge is 0.487 e. The van der Waals surface area contributed by atoms with E-state index in [0.717, 1.165) is 38.5 Å². The molecule has 11 nitrogen and oxygen atoms in total. The van der Waals surface area contributed by atoms with E-state index in [9.17, 15) is 23.1 Å². The molecule has 1 atom stereocenters. The number of hydrogen-bond donors (Lipinski definition) is 4. The molecule has 0 unspecified atom stereocenters. The minimum Gasteiger partial charge on any atom is -0.487 e. The lowest BCUT2D eigenvalue weighted by atomic mass is 9.94. The third-order valence-corrected chi connectivity index (χ3v) is 10.9. The molecule has 1 aliphatic heterocycles. The molecule has 0 aromatic heterocycles. The predicted octanol–water partition coefficient (Wildman–Crippen LogP) is 4.94. The first kappa shape index (κ1) is 32.8. The van der Waals surface area contributed by atoms with Crippen LogP contribution < -0.4 is 15.8 Å². The summed E-state index contributed by atoms with van der Waals surface area (Å²) >= 11 is 0. The number of hydrogen-bond acceptors (Lipinski definition) is 7. The first-order valence-corrected chi connectivity index (χ1v) is 16.6. The summed E-state index contributed by atoms with van der Waals surface area (Å²) in [6.45, 7) is 8.80. The van der Waals surface area contributed by atoms with Gasteiger partial charge < -0.3 is 25.6 Å². The zero-order valence-electron chi connectivity index (χ0n) is 26.7. The number of guanidine groups is 1. The Kier molecular flexibility index (Phi) is 8.78. The van der Waals surface area contributed by atoms with Crippen molar-refractivity contribution in [3.63, 3.8) is 0 Å². The monoisotopic (exact) mass is 648 g/mol. The molecule has 0 radical (unpaired) electrons. The molecule has 3 aromatic carbocycles. The van der Waals surface area contributed by atoms with Crippen LogP contribution in [0.25, 0.3) is 11.1 Å². The summed E-state index contributed by atoms with van der Waals surface area (Å²) in [5, 5.41) is 20.3. The minimum absolute atomic E-state index is 0.00132. The fraction of sp³-hybridized carbons (Fsp3) is 0.382. The Labute approximate surface area is 269 Å². The van der Waals surface area contributed by atoms with Crippen molar-refractivity contribution in [3.8, 4) is 16.9 Å². The van der Waals surface area contributed by atoms with Crippen LogP contribution in [0.2, 0.25) is 0 Å². The standard InChI is InChI=1S/C34H40N4O7S/c1-19-20(2)30(21(3)27-17-34(4,5)45-29(19)27)46(42,43)38(32(35)36)15-9-14-28(31(39)40)37-33(41)44-18-23-11-8-13-25-24-12-7-6-10-22(24)16-26(23)25/h6-8,10-13,28H,9,14-18H2,1-5H3,(H3,35,36)(H,37,41)(H,39,40)/t28-/m1/s1. The molecule has 46 heavy (non-hydrogen) atoms. The van der Waals surface area contributed by atoms with Gasteiger partial charge in [0.1, 0.15) is 24.0 Å². The number of ether oxygens (including phenoxy) is 2. The number of carbonyl (C=O) groups excluding carboxylic acids is 1. The number of fused-ring (bicyclic) bond motifs is 4. The number of sulfonamides is 1. The minimum atomic E-state index is -4.28. The zero-order valence-corrected chi connectivity index (χ0v) is 27.5. The SMILES string of the molecule is Cc1c(C)c(S(=O)(=O)N(CCC[C@@H](NC(=O)OCc2cccc3c2Cc2ccccc2-3)C(=O)O)C(=N)N)c(C)c2c1OC(C)(C)C2. The van der Waals surface area contributed by atoms with Gasteiger partial charge in [-0.3, -0.25) is 5.41 Å². The number of carbonyl (C=O) groups is 2. The van der Waals surface area contributed by atoms with Crippen molar-refractivity contribution >= 4 is 28.0 Å². The lowest BCUT2D eigenvalue weighted by Gasteiger charge is -2.26. The Morgan fingerprint density at radius 1 is 1.07 bits per heavy atom. The lowest BCUT2D eigenvalue weighted by molar-refractivity contribution is -0.139. The number of carboxylic acids is 1. The second kappa shape index (κ2) is 12.3. The second-order valence-corrected chi connectivity index (χ2v) is 14.3. The molecule has 3 aromatic rings. The topological polar surface area (TPSA) is 172 Å². The second-order valence-electron chi connectivity index (χ2n) is 12.5. The molecule has 5 rings (SSSR count). The Morgan fingerprint density at radius 3 is 2.46 bits per heavy atom. The molecule has 0 saturated carbocycles. The Bertz CT molecular complexity index is 1850. The highest BCUT2D eigenvalue weighted by Gasteiger charge is 2.38. The number of alkyl carbamates (subject to hydrolysis) is 1. The zero-order chi connectivity index (χ0) is 33.6. The van der Waals surface area contributed by atoms with E-state index in [1.54, 1.807) is 20.8 Å². The molecule has 244 valence electrons. The molecule has 1 heterocycles. The van der Waals surface area contributed by atoms with Crippen LogP contribution in [0.3, 0.4) is 0 Å². The van der Waals surface area contributed by atoms with Crippen LogP contribution >= 0.6 is 0 Å². The van der Waals surface area contributed by atoms with Crippen molar-refractivity contribution in [2.24, 2.45) is 5.73 Å². The number of nitrogens with one attached hydrogen (secondary N) is 2. The van der Waals surface area contributed by atoms with Crippen molar-refractivity contribution in [2.75, 3.05) is 6.54 Å². The van der Waals surface area contributed by atoms with Crippen LogP contribution in [-0.2, 0) is 39.0 Å². The third kappa shape index (κ3) is 6.13. The van der Waals surface area contributed by atoms with Gasteiger partial charge in [0.25, 0.3) is 10.0 Å². The average Bonchev–Trinajstić information content (AvgIpc) is 3.53. The Balaban J connectivity index is 1.24. The lowest BCUT2D eigenvalue weighted by Crippen LogP contribution is -2.44. The van der Waals surface area contributed by atoms with E-state index >= 15 is 0 Å². The number of amides is 1. The van der Waals surface area contributed by atoms with Crippen molar-refractivity contribution in [2.45, 2.75) is 83.4 Å². The summed E-state index contributed by atoms with van der Waals surface area (Å²) in [6, 6.07) is 12.5. The van der Waals surface area contributed by atoms with Crippen molar-refractivity contribution in [1.82, 2.24) is 9.62 Å². The smallest absolute Gasteiger partial charge is 0.408 e. The molecule has 0 bridgehead atoms. The van der Waals surface area contributed by atoms with Gasteiger partial charge in [0.05, 0.1) is 4.90 Å². The van der Waals surface area contributed by atoms with E-state index in [1.807, 2.05) is 44.2 Å². The molecule has 0 spiro atoms. The van der Waals surface area contributed by atoms with Crippen LogP contribution in [-0.4, -0.2) is 54.0 Å². The summed E-state index contributed by atoms with van der Waals surface area (Å²) in [5.41, 5.74) is 13.1. The summed E-state index contributed by atoms with van der Waals surface area (Å²) in [4.78, 5) is 24.8. The van der Waals surface area contributed by atoms with E-state index in [2.05, 4.69) is 17.4 Å². The molecule has 2 aliphatic rings. The van der Waals surface area contributed by atoms with E-state index in [-0.39, 0.29) is 30.9 Å². The molecule has 0 saturated heterocycles. The molecular formula is C34H40N4O7S. The molecule has 1 aliphatic carbocycles. The maximum atomic E-state index is 13.9. The summed E-state index contributed by atoms with van der Waals surface area (Å²) in [6.07, 6.45) is 0.221. The summed E-state index contributed by atoms with van der Waals surface area (Å²) in [7, 11) is -4.28. The number of nitrogens with zero attached hydrogens (tertiary/aromatic N) is 1. The fourth-order valence-electron chi connectivity index (χ4n) is 6.49. The Hall–Kier alpha value is -4.58. The van der Waals surface area contributed by atoms with Crippen molar-refractivity contribution in [1.29, 1.82) is 5.41 Å². The molecule has 5 N–H and O–H groups in total. The first-order chi connectivity index (χ1) is 21.6. The summed E-state index contributed by atoms with van der Waals surface area (Å²) < 4.78 is 40.2. The van der Waals surface area contributed by atoms with Gasteiger partial charge in [0, 0.05) is 18.5 Å². The van der Waals surface area contributed by atoms with Crippen LogP contribution in [0.15, 0.2) is 47.4 Å². The van der Waals surface area contributed by atoms with Gasteiger partial charge in [0.15, 0.2) is 0 Å². The van der Waals surface area contributed by atoms with Crippen LogP contribution in [0, 0.1) is 26.2 Å². The maximum absolute atomic E-state index is 13.9. The first-order valence-electron chi connectivity index (χ1n) is 15.2. The number of nitrogens with two attached hydrogens (primary N) is 1. The van der Waals surface area contributed by atoms with Gasteiger partial charge in [0.2, 0.25) is 5.96 Å². The normalized spacial score (nSPS) is 14.8. The van der Waals surface area contributed by atoms with E-state index in [0.29, 0.717) is 28.9 Å². The van der Waals surface area contributed by atoms with Gasteiger partial charge in [-0.1, -0.05) is 42.5 Å². The Morgan fingerprint density at radius 2 is 1.76 bits per heavy atom. The number of aliphatic carboxylic acids is 1. The number of rotatable bonds is 10. The number of benzene rings is 3. The van der Waals surface area contributed by atoms with Crippen LogP contribution in [0.5, 0.6) is 5.75 Å². The third-order valence-electron chi connectivity index (χ3n) is 8.86. The molecular weight excluding hydrogens is 608 g/mol. The van der Waals surface area contributed by atoms with Gasteiger partial charge >= 0.3 is 12.1 Å². The van der Waals surface area contributed by atoms with Gasteiger partial charge in [-0.25, -0.2) is 22.3 Å². The van der Waals surface area contributed by atoms with Gasteiger partial charge in [-0.15, -0.1) is 0 Å². The predicted molar refractivity (Wildman–Crippen MR) is 174 cm³/mol. The highest BCUT2D eigenvalue weighted by molar-refractivity contribution is 7.89. The van der Waals surface area contributed by atoms with E-state index in [1.165, 1.54) is 5.56 Å². The fourth-order valence-corrected chi connectivity index (χ4v) is 8.39. The maximum Gasteiger partial charge on any atom is 0.408 e. The van der Waals surface area contributed by atoms with E-state index < -0.39 is 39.7 Å². The molecule has 1 amide bonds. The summed E-state index contributed by atoms with van der Waals surface area (Å²) in [5.74, 6) is -1.31. The van der Waals surface area contributed by atoms with E-state index in [4.69, 9.17) is 20.6 Å². The van der Waals surface area contributed by atoms with Gasteiger partial charge in [-0.05, 0) is 98.4 Å². The quantitative estimate of drug-likeness (QED) is 0.138.